The van der Waals surface area contributed by atoms with Gasteiger partial charge in [-0.25, -0.2) is 0 Å². The highest BCUT2D eigenvalue weighted by molar-refractivity contribution is 7.99. The molecule has 0 spiro atoms. The third-order valence-electron chi connectivity index (χ3n) is 3.02. The lowest BCUT2D eigenvalue weighted by Gasteiger charge is -2.28. The van der Waals surface area contributed by atoms with E-state index >= 15 is 0 Å². The fraction of sp³-hybridized carbons (Fsp3) is 0.500. The number of rotatable bonds is 3. The summed E-state index contributed by atoms with van der Waals surface area (Å²) in [5.74, 6) is 2.99. The molecule has 1 fully saturated rings. The molecule has 1 aliphatic heterocycles. The molecule has 1 atom stereocenters. The van der Waals surface area contributed by atoms with Crippen LogP contribution in [0.25, 0.3) is 0 Å². The van der Waals surface area contributed by atoms with Crippen LogP contribution in [0.2, 0.25) is 5.02 Å². The van der Waals surface area contributed by atoms with E-state index in [1.54, 1.807) is 0 Å². The van der Waals surface area contributed by atoms with E-state index in [0.29, 0.717) is 11.9 Å². The van der Waals surface area contributed by atoms with Gasteiger partial charge in [-0.05, 0) is 29.9 Å². The minimum atomic E-state index is 0.538. The lowest BCUT2D eigenvalue weighted by Crippen LogP contribution is -2.31. The number of hydrogen-bond acceptors (Lipinski definition) is 2. The lowest BCUT2D eigenvalue weighted by molar-refractivity contribution is 0.698. The van der Waals surface area contributed by atoms with Crippen LogP contribution >= 0.6 is 35.0 Å². The Morgan fingerprint density at radius 2 is 2.31 bits per heavy atom. The molecule has 4 heteroatoms. The predicted octanol–water partition coefficient (Wildman–Crippen LogP) is 4.02. The summed E-state index contributed by atoms with van der Waals surface area (Å²) in [6.07, 6.45) is 1.25. The molecule has 1 nitrogen and oxygen atoms in total. The number of benzene rings is 1. The average molecular weight is 276 g/mol. The number of halogens is 2. The van der Waals surface area contributed by atoms with Crippen molar-refractivity contribution < 1.29 is 0 Å². The van der Waals surface area contributed by atoms with Gasteiger partial charge >= 0.3 is 0 Å². The van der Waals surface area contributed by atoms with Gasteiger partial charge in [-0.3, -0.25) is 0 Å². The van der Waals surface area contributed by atoms with Gasteiger partial charge in [0.15, 0.2) is 0 Å². The summed E-state index contributed by atoms with van der Waals surface area (Å²) < 4.78 is 0. The smallest absolute Gasteiger partial charge is 0.0494 e. The van der Waals surface area contributed by atoms with Gasteiger partial charge in [-0.1, -0.05) is 17.7 Å². The average Bonchev–Trinajstić information content (AvgIpc) is 2.81. The van der Waals surface area contributed by atoms with Crippen LogP contribution in [-0.2, 0) is 5.88 Å². The van der Waals surface area contributed by atoms with Crippen molar-refractivity contribution in [3.63, 3.8) is 0 Å². The molecule has 0 aliphatic carbocycles. The van der Waals surface area contributed by atoms with Crippen LogP contribution in [0.5, 0.6) is 0 Å². The Labute approximate surface area is 111 Å². The molecule has 1 aromatic rings. The van der Waals surface area contributed by atoms with Crippen LogP contribution in [0.4, 0.5) is 5.69 Å². The summed E-state index contributed by atoms with van der Waals surface area (Å²) in [4.78, 5) is 2.32. The highest BCUT2D eigenvalue weighted by Crippen LogP contribution is 2.31. The van der Waals surface area contributed by atoms with Gasteiger partial charge in [-0.15, -0.1) is 11.6 Å². The zero-order valence-electron chi connectivity index (χ0n) is 9.25. The molecule has 1 saturated heterocycles. The van der Waals surface area contributed by atoms with Crippen molar-refractivity contribution in [3.8, 4) is 0 Å². The molecule has 88 valence electrons. The maximum atomic E-state index is 6.05. The van der Waals surface area contributed by atoms with Crippen molar-refractivity contribution in [3.05, 3.63) is 28.8 Å². The fourth-order valence-electron chi connectivity index (χ4n) is 2.00. The number of thioether (sulfide) groups is 1. The van der Waals surface area contributed by atoms with E-state index in [1.165, 1.54) is 23.6 Å². The Balaban J connectivity index is 2.26. The Morgan fingerprint density at radius 1 is 1.50 bits per heavy atom. The van der Waals surface area contributed by atoms with Crippen molar-refractivity contribution in [1.82, 2.24) is 0 Å². The first kappa shape index (κ1) is 12.4. The highest BCUT2D eigenvalue weighted by Gasteiger charge is 2.21. The maximum absolute atomic E-state index is 6.05. The first-order chi connectivity index (χ1) is 7.72. The van der Waals surface area contributed by atoms with Gasteiger partial charge < -0.3 is 4.90 Å². The van der Waals surface area contributed by atoms with Gasteiger partial charge in [-0.2, -0.15) is 11.8 Å². The topological polar surface area (TPSA) is 3.24 Å². The third-order valence-corrected chi connectivity index (χ3v) is 4.69. The number of hydrogen-bond donors (Lipinski definition) is 0. The standard InChI is InChI=1S/C12H15Cl2NS/c1-15(11-4-5-16-8-11)12-6-10(14)3-2-9(12)7-13/h2-3,6,11H,4-5,7-8H2,1H3. The first-order valence-electron chi connectivity index (χ1n) is 5.37. The second kappa shape index (κ2) is 5.52. The number of nitrogens with zero attached hydrogens (tertiary/aromatic N) is 1. The summed E-state index contributed by atoms with van der Waals surface area (Å²) in [6.45, 7) is 0. The van der Waals surface area contributed by atoms with E-state index < -0.39 is 0 Å². The Morgan fingerprint density at radius 3 is 2.94 bits per heavy atom. The van der Waals surface area contributed by atoms with Crippen molar-refractivity contribution in [1.29, 1.82) is 0 Å². The minimum absolute atomic E-state index is 0.538. The molecule has 1 heterocycles. The van der Waals surface area contributed by atoms with Crippen LogP contribution in [0.3, 0.4) is 0 Å². The lowest BCUT2D eigenvalue weighted by atomic mass is 10.1. The molecule has 0 amide bonds. The molecule has 0 bridgehead atoms. The molecule has 1 aliphatic rings. The Hall–Kier alpha value is -0.0500. The molecular formula is C12H15Cl2NS. The summed E-state index contributed by atoms with van der Waals surface area (Å²) in [6, 6.07) is 6.55. The molecule has 1 aromatic carbocycles. The van der Waals surface area contributed by atoms with Crippen LogP contribution in [0, 0.1) is 0 Å². The van der Waals surface area contributed by atoms with Crippen molar-refractivity contribution in [2.45, 2.75) is 18.3 Å². The van der Waals surface area contributed by atoms with Gasteiger partial charge in [0.25, 0.3) is 0 Å². The van der Waals surface area contributed by atoms with Crippen molar-refractivity contribution >= 4 is 40.7 Å². The molecule has 1 unspecified atom stereocenters. The van der Waals surface area contributed by atoms with E-state index in [2.05, 4.69) is 11.9 Å². The largest absolute Gasteiger partial charge is 0.370 e. The summed E-state index contributed by atoms with van der Waals surface area (Å²) in [7, 11) is 2.14. The monoisotopic (exact) mass is 275 g/mol. The van der Waals surface area contributed by atoms with E-state index in [-0.39, 0.29) is 0 Å². The normalized spacial score (nSPS) is 20.1. The predicted molar refractivity (Wildman–Crippen MR) is 75.1 cm³/mol. The third kappa shape index (κ3) is 2.61. The molecule has 0 N–H and O–H groups in total. The van der Waals surface area contributed by atoms with Crippen LogP contribution < -0.4 is 4.90 Å². The molecule has 2 rings (SSSR count). The fourth-order valence-corrected chi connectivity index (χ4v) is 3.66. The van der Waals surface area contributed by atoms with Crippen molar-refractivity contribution in [2.24, 2.45) is 0 Å². The van der Waals surface area contributed by atoms with Crippen molar-refractivity contribution in [2.75, 3.05) is 23.5 Å². The van der Waals surface area contributed by atoms with Crippen LogP contribution in [0.1, 0.15) is 12.0 Å². The van der Waals surface area contributed by atoms with Crippen LogP contribution in [0.15, 0.2) is 18.2 Å². The zero-order valence-corrected chi connectivity index (χ0v) is 11.6. The molecule has 0 saturated carbocycles. The van der Waals surface area contributed by atoms with Gasteiger partial charge in [0, 0.05) is 35.4 Å². The van der Waals surface area contributed by atoms with E-state index in [4.69, 9.17) is 23.2 Å². The van der Waals surface area contributed by atoms with Gasteiger partial charge in [0.1, 0.15) is 0 Å². The SMILES string of the molecule is CN(c1cc(Cl)ccc1CCl)C1CCSC1. The Kier molecular flexibility index (Phi) is 4.28. The van der Waals surface area contributed by atoms with Gasteiger partial charge in [0.2, 0.25) is 0 Å². The summed E-state index contributed by atoms with van der Waals surface area (Å²) in [5.41, 5.74) is 2.33. The van der Waals surface area contributed by atoms with E-state index in [0.717, 1.165) is 10.6 Å². The van der Waals surface area contributed by atoms with Crippen LogP contribution in [-0.4, -0.2) is 24.6 Å². The quantitative estimate of drug-likeness (QED) is 0.767. The maximum Gasteiger partial charge on any atom is 0.0494 e. The minimum Gasteiger partial charge on any atom is -0.370 e. The van der Waals surface area contributed by atoms with E-state index in [9.17, 15) is 0 Å². The number of alkyl halides is 1. The summed E-state index contributed by atoms with van der Waals surface area (Å²) in [5, 5.41) is 0.779. The molecule has 0 radical (unpaired) electrons. The second-order valence-corrected chi connectivity index (χ2v) is 5.89. The second-order valence-electron chi connectivity index (χ2n) is 4.03. The highest BCUT2D eigenvalue weighted by atomic mass is 35.5. The molecule has 0 aromatic heterocycles. The first-order valence-corrected chi connectivity index (χ1v) is 7.44. The number of anilines is 1. The summed E-state index contributed by atoms with van der Waals surface area (Å²) >= 11 is 14.0. The Bertz CT molecular complexity index is 364. The van der Waals surface area contributed by atoms with Gasteiger partial charge in [0.05, 0.1) is 0 Å². The zero-order chi connectivity index (χ0) is 11.5. The molecule has 16 heavy (non-hydrogen) atoms. The molecular weight excluding hydrogens is 261 g/mol. The van der Waals surface area contributed by atoms with E-state index in [1.807, 2.05) is 30.0 Å².